The number of hydrogen-bond acceptors (Lipinski definition) is 3. The van der Waals surface area contributed by atoms with Gasteiger partial charge < -0.3 is 10.1 Å². The van der Waals surface area contributed by atoms with Gasteiger partial charge in [0, 0.05) is 18.2 Å². The van der Waals surface area contributed by atoms with Crippen molar-refractivity contribution in [2.45, 2.75) is 45.3 Å². The molecule has 1 atom stereocenters. The third-order valence-electron chi connectivity index (χ3n) is 4.41. The molecule has 0 bridgehead atoms. The Kier molecular flexibility index (Phi) is 5.32. The number of fused-ring (bicyclic) bond motifs is 1. The van der Waals surface area contributed by atoms with E-state index in [1.807, 2.05) is 19.3 Å². The Hall–Kier alpha value is -1.45. The molecule has 2 rings (SSSR count). The molecule has 0 aliphatic carbocycles. The highest BCUT2D eigenvalue weighted by Crippen LogP contribution is 2.36. The highest BCUT2D eigenvalue weighted by molar-refractivity contribution is 5.79. The Morgan fingerprint density at radius 3 is 2.57 bits per heavy atom. The molecule has 1 unspecified atom stereocenters. The molecule has 0 saturated carbocycles. The summed E-state index contributed by atoms with van der Waals surface area (Å²) >= 11 is 0. The molecule has 3 nitrogen and oxygen atoms in total. The number of hydrogen-bond donors (Lipinski definition) is 1. The van der Waals surface area contributed by atoms with Gasteiger partial charge >= 0.3 is 0 Å². The molecule has 1 N–H and O–H groups in total. The number of pyridine rings is 1. The van der Waals surface area contributed by atoms with E-state index in [9.17, 15) is 0 Å². The fraction of sp³-hybridized carbons (Fsp3) is 0.500. The number of rotatable bonds is 7. The maximum Gasteiger partial charge on any atom is 0.0870 e. The van der Waals surface area contributed by atoms with Gasteiger partial charge in [0.1, 0.15) is 0 Å². The molecule has 0 spiro atoms. The molecule has 1 aromatic carbocycles. The third kappa shape index (κ3) is 3.09. The van der Waals surface area contributed by atoms with E-state index >= 15 is 0 Å². The number of ether oxygens (including phenoxy) is 1. The van der Waals surface area contributed by atoms with E-state index < -0.39 is 0 Å². The summed E-state index contributed by atoms with van der Waals surface area (Å²) in [5.41, 5.74) is 2.10. The number of nitrogens with one attached hydrogen (secondary N) is 1. The van der Waals surface area contributed by atoms with Gasteiger partial charge in [-0.15, -0.1) is 0 Å². The number of nitrogens with zero attached hydrogens (tertiary/aromatic N) is 1. The summed E-state index contributed by atoms with van der Waals surface area (Å²) < 4.78 is 6.16. The lowest BCUT2D eigenvalue weighted by Gasteiger charge is -2.39. The second kappa shape index (κ2) is 7.01. The van der Waals surface area contributed by atoms with Crippen LogP contribution in [0.5, 0.6) is 0 Å². The summed E-state index contributed by atoms with van der Waals surface area (Å²) in [4.78, 5) is 4.47. The van der Waals surface area contributed by atoms with Gasteiger partial charge in [0.15, 0.2) is 0 Å². The molecule has 0 saturated heterocycles. The van der Waals surface area contributed by atoms with Crippen LogP contribution >= 0.6 is 0 Å². The maximum absolute atomic E-state index is 6.16. The first kappa shape index (κ1) is 15.9. The minimum absolute atomic E-state index is 0.166. The van der Waals surface area contributed by atoms with Gasteiger partial charge in [-0.1, -0.05) is 32.0 Å². The van der Waals surface area contributed by atoms with Gasteiger partial charge in [0.05, 0.1) is 17.2 Å². The van der Waals surface area contributed by atoms with Crippen LogP contribution in [0.2, 0.25) is 0 Å². The fourth-order valence-electron chi connectivity index (χ4n) is 3.23. The van der Waals surface area contributed by atoms with Crippen LogP contribution in [0.4, 0.5) is 0 Å². The zero-order valence-electron chi connectivity index (χ0n) is 13.5. The van der Waals surface area contributed by atoms with Crippen LogP contribution < -0.4 is 5.32 Å². The Morgan fingerprint density at radius 1 is 1.19 bits per heavy atom. The van der Waals surface area contributed by atoms with Crippen molar-refractivity contribution >= 4 is 10.9 Å². The van der Waals surface area contributed by atoms with Crippen LogP contribution in [0, 0.1) is 0 Å². The van der Waals surface area contributed by atoms with Crippen LogP contribution in [0.15, 0.2) is 36.5 Å². The molecule has 0 fully saturated rings. The molecule has 0 radical (unpaired) electrons. The third-order valence-corrected chi connectivity index (χ3v) is 4.41. The predicted molar refractivity (Wildman–Crippen MR) is 88.5 cm³/mol. The van der Waals surface area contributed by atoms with Crippen molar-refractivity contribution in [2.75, 3.05) is 13.7 Å². The van der Waals surface area contributed by atoms with Crippen molar-refractivity contribution in [1.29, 1.82) is 0 Å². The first-order chi connectivity index (χ1) is 10.2. The molecule has 0 aliphatic heterocycles. The van der Waals surface area contributed by atoms with E-state index in [1.165, 1.54) is 10.9 Å². The second-order valence-electron chi connectivity index (χ2n) is 5.38. The van der Waals surface area contributed by atoms with E-state index in [4.69, 9.17) is 4.74 Å². The lowest BCUT2D eigenvalue weighted by Crippen LogP contribution is -2.44. The van der Waals surface area contributed by atoms with E-state index in [1.54, 1.807) is 0 Å². The van der Waals surface area contributed by atoms with Crippen molar-refractivity contribution in [3.63, 3.8) is 0 Å². The summed E-state index contributed by atoms with van der Waals surface area (Å²) in [5, 5.41) is 4.63. The van der Waals surface area contributed by atoms with Gasteiger partial charge in [-0.25, -0.2) is 0 Å². The summed E-state index contributed by atoms with van der Waals surface area (Å²) in [5.74, 6) is 0. The molecule has 3 heteroatoms. The van der Waals surface area contributed by atoms with Gasteiger partial charge in [-0.05, 0) is 44.5 Å². The Labute approximate surface area is 127 Å². The molecular weight excluding hydrogens is 260 g/mol. The van der Waals surface area contributed by atoms with Crippen molar-refractivity contribution < 1.29 is 4.74 Å². The highest BCUT2D eigenvalue weighted by Gasteiger charge is 2.36. The van der Waals surface area contributed by atoms with Crippen LogP contribution in [-0.2, 0) is 4.74 Å². The van der Waals surface area contributed by atoms with Crippen molar-refractivity contribution in [3.8, 4) is 0 Å². The summed E-state index contributed by atoms with van der Waals surface area (Å²) in [7, 11) is 2.01. The Morgan fingerprint density at radius 2 is 1.95 bits per heavy atom. The normalized spacial score (nSPS) is 13.5. The standard InChI is InChI=1S/C18H26N2O/c1-5-18(6-2,21-7-3)17(19-4)15-11-10-14-9-8-12-20-16(14)13-15/h8-13,17,19H,5-7H2,1-4H3. The lowest BCUT2D eigenvalue weighted by atomic mass is 9.83. The highest BCUT2D eigenvalue weighted by atomic mass is 16.5. The van der Waals surface area contributed by atoms with Gasteiger partial charge in [0.25, 0.3) is 0 Å². The minimum Gasteiger partial charge on any atom is -0.373 e. The van der Waals surface area contributed by atoms with Crippen LogP contribution in [-0.4, -0.2) is 24.2 Å². The Bertz CT molecular complexity index is 578. The monoisotopic (exact) mass is 286 g/mol. The van der Waals surface area contributed by atoms with Crippen molar-refractivity contribution in [2.24, 2.45) is 0 Å². The molecule has 114 valence electrons. The number of benzene rings is 1. The van der Waals surface area contributed by atoms with Crippen LogP contribution in [0.25, 0.3) is 10.9 Å². The number of likely N-dealkylation sites (N-methyl/N-ethyl adjacent to an activating group) is 1. The molecule has 21 heavy (non-hydrogen) atoms. The van der Waals surface area contributed by atoms with Gasteiger partial charge in [-0.3, -0.25) is 4.98 Å². The lowest BCUT2D eigenvalue weighted by molar-refractivity contribution is -0.0717. The zero-order chi connectivity index (χ0) is 15.3. The van der Waals surface area contributed by atoms with Crippen molar-refractivity contribution in [1.82, 2.24) is 10.3 Å². The molecular formula is C18H26N2O. The van der Waals surface area contributed by atoms with E-state index in [2.05, 4.69) is 55.3 Å². The fourth-order valence-corrected chi connectivity index (χ4v) is 3.23. The molecule has 1 heterocycles. The van der Waals surface area contributed by atoms with Crippen molar-refractivity contribution in [3.05, 3.63) is 42.1 Å². The SMILES string of the molecule is CCOC(CC)(CC)C(NC)c1ccc2cccnc2c1. The smallest absolute Gasteiger partial charge is 0.0870 e. The molecule has 1 aromatic heterocycles. The number of aromatic nitrogens is 1. The van der Waals surface area contributed by atoms with E-state index in [0.717, 1.165) is 25.0 Å². The van der Waals surface area contributed by atoms with Gasteiger partial charge in [0.2, 0.25) is 0 Å². The first-order valence-electron chi connectivity index (χ1n) is 7.86. The predicted octanol–water partition coefficient (Wildman–Crippen LogP) is 4.09. The van der Waals surface area contributed by atoms with E-state index in [-0.39, 0.29) is 11.6 Å². The second-order valence-corrected chi connectivity index (χ2v) is 5.38. The van der Waals surface area contributed by atoms with Gasteiger partial charge in [-0.2, -0.15) is 0 Å². The average Bonchev–Trinajstić information content (AvgIpc) is 2.54. The topological polar surface area (TPSA) is 34.1 Å². The summed E-state index contributed by atoms with van der Waals surface area (Å²) in [6.07, 6.45) is 3.79. The van der Waals surface area contributed by atoms with E-state index in [0.29, 0.717) is 0 Å². The van der Waals surface area contributed by atoms with Crippen LogP contribution in [0.1, 0.15) is 45.2 Å². The molecule has 0 amide bonds. The maximum atomic E-state index is 6.16. The molecule has 2 aromatic rings. The average molecular weight is 286 g/mol. The van der Waals surface area contributed by atoms with Crippen LogP contribution in [0.3, 0.4) is 0 Å². The minimum atomic E-state index is -0.175. The summed E-state index contributed by atoms with van der Waals surface area (Å²) in [6.45, 7) is 7.19. The summed E-state index contributed by atoms with van der Waals surface area (Å²) in [6, 6.07) is 10.7. The first-order valence-corrected chi connectivity index (χ1v) is 7.86. The Balaban J connectivity index is 2.46. The quantitative estimate of drug-likeness (QED) is 0.832. The largest absolute Gasteiger partial charge is 0.373 e. The zero-order valence-corrected chi connectivity index (χ0v) is 13.5. The molecule has 0 aliphatic rings.